The Kier molecular flexibility index (Phi) is 13.3. The summed E-state index contributed by atoms with van der Waals surface area (Å²) in [6.07, 6.45) is 10.3. The molecule has 0 radical (unpaired) electrons. The van der Waals surface area contributed by atoms with Crippen molar-refractivity contribution in [2.75, 3.05) is 21.3 Å². The molecule has 0 amide bonds. The molecule has 1 atom stereocenters. The fraction of sp³-hybridized carbons (Fsp3) is 0.824. The number of hydrogen-bond acceptors (Lipinski definition) is 5. The van der Waals surface area contributed by atoms with Gasteiger partial charge in [-0.2, -0.15) is 0 Å². The van der Waals surface area contributed by atoms with E-state index in [0.717, 1.165) is 25.3 Å². The van der Waals surface area contributed by atoms with E-state index in [-0.39, 0.29) is 12.1 Å². The maximum atomic E-state index is 11.0. The molecular formula is C17H34O5Si. The molecule has 0 saturated heterocycles. The lowest BCUT2D eigenvalue weighted by molar-refractivity contribution is -0.142. The van der Waals surface area contributed by atoms with Gasteiger partial charge in [-0.05, 0) is 26.2 Å². The van der Waals surface area contributed by atoms with Crippen LogP contribution >= 0.6 is 0 Å². The van der Waals surface area contributed by atoms with Crippen LogP contribution in [-0.4, -0.2) is 42.2 Å². The number of hydrogen-bond donors (Lipinski definition) is 0. The summed E-state index contributed by atoms with van der Waals surface area (Å²) in [7, 11) is 2.60. The average Bonchev–Trinajstić information content (AvgIpc) is 2.57. The van der Waals surface area contributed by atoms with Gasteiger partial charge in [0.15, 0.2) is 0 Å². The molecule has 1 unspecified atom stereocenters. The van der Waals surface area contributed by atoms with Gasteiger partial charge in [0.1, 0.15) is 0 Å². The third-order valence-electron chi connectivity index (χ3n) is 4.01. The van der Waals surface area contributed by atoms with Crippen LogP contribution < -0.4 is 0 Å². The molecule has 0 aromatic heterocycles. The fourth-order valence-electron chi connectivity index (χ4n) is 2.52. The lowest BCUT2D eigenvalue weighted by Crippen LogP contribution is -2.42. The minimum absolute atomic E-state index is 0.0179. The van der Waals surface area contributed by atoms with Gasteiger partial charge in [-0.3, -0.25) is 0 Å². The second kappa shape index (κ2) is 13.7. The van der Waals surface area contributed by atoms with Crippen molar-refractivity contribution >= 4 is 14.8 Å². The third kappa shape index (κ3) is 10.7. The molecule has 0 rings (SSSR count). The Morgan fingerprint density at radius 1 is 0.957 bits per heavy atom. The van der Waals surface area contributed by atoms with Gasteiger partial charge in [0.05, 0.1) is 6.10 Å². The molecule has 0 N–H and O–H groups in total. The van der Waals surface area contributed by atoms with Crippen molar-refractivity contribution in [3.05, 3.63) is 12.7 Å². The van der Waals surface area contributed by atoms with E-state index in [2.05, 4.69) is 6.58 Å². The second-order valence-corrected chi connectivity index (χ2v) is 8.85. The van der Waals surface area contributed by atoms with Gasteiger partial charge < -0.3 is 18.0 Å². The predicted molar refractivity (Wildman–Crippen MR) is 94.3 cm³/mol. The molecule has 5 nitrogen and oxygen atoms in total. The van der Waals surface area contributed by atoms with E-state index in [0.29, 0.717) is 0 Å². The first-order valence-electron chi connectivity index (χ1n) is 8.52. The van der Waals surface area contributed by atoms with Gasteiger partial charge in [-0.25, -0.2) is 4.79 Å². The smallest absolute Gasteiger partial charge is 0.460 e. The molecule has 0 saturated carbocycles. The van der Waals surface area contributed by atoms with E-state index in [9.17, 15) is 4.79 Å². The van der Waals surface area contributed by atoms with Crippen LogP contribution in [0, 0.1) is 0 Å². The van der Waals surface area contributed by atoms with Crippen LogP contribution in [0.25, 0.3) is 0 Å². The highest BCUT2D eigenvalue weighted by molar-refractivity contribution is 6.60. The third-order valence-corrected chi connectivity index (χ3v) is 6.84. The predicted octanol–water partition coefficient (Wildman–Crippen LogP) is 4.10. The Morgan fingerprint density at radius 3 is 1.91 bits per heavy atom. The molecule has 0 heterocycles. The van der Waals surface area contributed by atoms with Crippen molar-refractivity contribution in [1.29, 1.82) is 0 Å². The first-order valence-corrected chi connectivity index (χ1v) is 10.4. The number of unbranched alkanes of at least 4 members (excludes halogenated alkanes) is 6. The largest absolute Gasteiger partial charge is 0.500 e. The zero-order chi connectivity index (χ0) is 17.6. The molecule has 6 heteroatoms. The van der Waals surface area contributed by atoms with Crippen molar-refractivity contribution in [2.24, 2.45) is 0 Å². The second-order valence-electron chi connectivity index (χ2n) is 5.76. The van der Waals surface area contributed by atoms with Crippen LogP contribution in [0.2, 0.25) is 6.04 Å². The van der Waals surface area contributed by atoms with Crippen molar-refractivity contribution in [3.8, 4) is 0 Å². The highest BCUT2D eigenvalue weighted by atomic mass is 28.4. The van der Waals surface area contributed by atoms with E-state index < -0.39 is 8.80 Å². The van der Waals surface area contributed by atoms with Crippen LogP contribution in [0.1, 0.15) is 58.3 Å². The molecule has 0 aliphatic carbocycles. The molecule has 136 valence electrons. The Morgan fingerprint density at radius 2 is 1.43 bits per heavy atom. The molecule has 0 bridgehead atoms. The standard InChI is InChI=1S/C17H34O5Si/c1-6-17(18)22-16(2)14-12-10-8-7-9-11-13-15-23(19-3,20-4)21-5/h6,16H,1,7-15H2,2-5H3. The zero-order valence-corrected chi connectivity index (χ0v) is 16.3. The maximum absolute atomic E-state index is 11.0. The van der Waals surface area contributed by atoms with Crippen molar-refractivity contribution < 1.29 is 22.8 Å². The molecule has 23 heavy (non-hydrogen) atoms. The van der Waals surface area contributed by atoms with Crippen LogP contribution in [0.4, 0.5) is 0 Å². The Bertz CT molecular complexity index is 310. The highest BCUT2D eigenvalue weighted by Crippen LogP contribution is 2.18. The first kappa shape index (κ1) is 22.3. The Labute approximate surface area is 142 Å². The summed E-state index contributed by atoms with van der Waals surface area (Å²) in [6.45, 7) is 5.32. The number of ether oxygens (including phenoxy) is 1. The number of carbonyl (C=O) groups excluding carboxylic acids is 1. The molecule has 0 aromatic rings. The van der Waals surface area contributed by atoms with E-state index in [4.69, 9.17) is 18.0 Å². The van der Waals surface area contributed by atoms with E-state index in [1.165, 1.54) is 38.2 Å². The summed E-state index contributed by atoms with van der Waals surface area (Å²) >= 11 is 0. The quantitative estimate of drug-likeness (QED) is 0.193. The molecule has 0 fully saturated rings. The van der Waals surface area contributed by atoms with Crippen molar-refractivity contribution in [3.63, 3.8) is 0 Å². The molecule has 0 aromatic carbocycles. The van der Waals surface area contributed by atoms with E-state index in [1.54, 1.807) is 21.3 Å². The monoisotopic (exact) mass is 346 g/mol. The van der Waals surface area contributed by atoms with Crippen LogP contribution in [0.15, 0.2) is 12.7 Å². The maximum Gasteiger partial charge on any atom is 0.500 e. The van der Waals surface area contributed by atoms with Gasteiger partial charge in [0.2, 0.25) is 0 Å². The van der Waals surface area contributed by atoms with E-state index in [1.807, 2.05) is 6.92 Å². The Balaban J connectivity index is 3.50. The lowest BCUT2D eigenvalue weighted by atomic mass is 10.1. The van der Waals surface area contributed by atoms with Crippen molar-refractivity contribution in [1.82, 2.24) is 0 Å². The summed E-state index contributed by atoms with van der Waals surface area (Å²) in [5.41, 5.74) is 0. The SMILES string of the molecule is C=CC(=O)OC(C)CCCCCCCCC[Si](OC)(OC)OC. The van der Waals surface area contributed by atoms with Gasteiger partial charge in [0.25, 0.3) is 0 Å². The average molecular weight is 347 g/mol. The van der Waals surface area contributed by atoms with Crippen LogP contribution in [0.3, 0.4) is 0 Å². The number of esters is 1. The normalized spacial score (nSPS) is 12.9. The number of carbonyl (C=O) groups is 1. The van der Waals surface area contributed by atoms with Gasteiger partial charge in [-0.1, -0.05) is 38.7 Å². The van der Waals surface area contributed by atoms with E-state index >= 15 is 0 Å². The van der Waals surface area contributed by atoms with Gasteiger partial charge >= 0.3 is 14.8 Å². The topological polar surface area (TPSA) is 54.0 Å². The van der Waals surface area contributed by atoms with Crippen molar-refractivity contribution in [2.45, 2.75) is 70.4 Å². The first-order chi connectivity index (χ1) is 11.0. The molecular weight excluding hydrogens is 312 g/mol. The molecule has 0 aliphatic rings. The summed E-state index contributed by atoms with van der Waals surface area (Å²) in [6, 6.07) is 0.878. The summed E-state index contributed by atoms with van der Waals surface area (Å²) in [4.78, 5) is 11.0. The lowest BCUT2D eigenvalue weighted by Gasteiger charge is -2.24. The van der Waals surface area contributed by atoms with Gasteiger partial charge in [-0.15, -0.1) is 0 Å². The summed E-state index contributed by atoms with van der Waals surface area (Å²) in [5, 5.41) is 0. The van der Waals surface area contributed by atoms with Crippen LogP contribution in [-0.2, 0) is 22.8 Å². The summed E-state index contributed by atoms with van der Waals surface area (Å²) < 4.78 is 21.4. The molecule has 0 aliphatic heterocycles. The summed E-state index contributed by atoms with van der Waals surface area (Å²) in [5.74, 6) is -0.333. The molecule has 0 spiro atoms. The Hall–Kier alpha value is -0.693. The minimum atomic E-state index is -2.38. The fourth-order valence-corrected chi connectivity index (χ4v) is 4.31. The highest BCUT2D eigenvalue weighted by Gasteiger charge is 2.36. The zero-order valence-electron chi connectivity index (χ0n) is 15.3. The minimum Gasteiger partial charge on any atom is -0.460 e. The number of rotatable bonds is 15. The van der Waals surface area contributed by atoms with Crippen LogP contribution in [0.5, 0.6) is 0 Å². The van der Waals surface area contributed by atoms with Gasteiger partial charge in [0, 0.05) is 33.4 Å².